The summed E-state index contributed by atoms with van der Waals surface area (Å²) in [6.45, 7) is 0. The molecule has 0 aliphatic carbocycles. The largest absolute Gasteiger partial charge is 0.398 e. The molecule has 80 valence electrons. The van der Waals surface area contributed by atoms with Gasteiger partial charge in [0.1, 0.15) is 0 Å². The second kappa shape index (κ2) is 4.33. The van der Waals surface area contributed by atoms with Gasteiger partial charge in [0.05, 0.1) is 10.7 Å². The maximum Gasteiger partial charge on any atom is 0.193 e. The molecule has 0 aliphatic heterocycles. The maximum absolute atomic E-state index is 12.0. The molecule has 0 bridgehead atoms. The van der Waals surface area contributed by atoms with Gasteiger partial charge in [0.2, 0.25) is 0 Å². The van der Waals surface area contributed by atoms with E-state index in [9.17, 15) is 4.79 Å². The van der Waals surface area contributed by atoms with Crippen molar-refractivity contribution < 1.29 is 4.79 Å². The molecule has 0 radical (unpaired) electrons. The van der Waals surface area contributed by atoms with Crippen LogP contribution < -0.4 is 5.73 Å². The molecule has 0 spiro atoms. The van der Waals surface area contributed by atoms with Gasteiger partial charge in [-0.2, -0.15) is 0 Å². The summed E-state index contributed by atoms with van der Waals surface area (Å²) >= 11 is 5.79. The first-order valence-electron chi connectivity index (χ1n) is 4.68. The van der Waals surface area contributed by atoms with Gasteiger partial charge in [-0.15, -0.1) is 0 Å². The highest BCUT2D eigenvalue weighted by Crippen LogP contribution is 2.21. The van der Waals surface area contributed by atoms with Crippen molar-refractivity contribution in [2.75, 3.05) is 5.73 Å². The Labute approximate surface area is 97.9 Å². The number of benzene rings is 1. The Balaban J connectivity index is 2.39. The third-order valence-corrected chi connectivity index (χ3v) is 2.54. The third kappa shape index (κ3) is 2.04. The van der Waals surface area contributed by atoms with Crippen molar-refractivity contribution in [2.24, 2.45) is 0 Å². The van der Waals surface area contributed by atoms with Crippen LogP contribution in [0, 0.1) is 0 Å². The minimum atomic E-state index is -0.0919. The van der Waals surface area contributed by atoms with E-state index in [4.69, 9.17) is 17.3 Å². The van der Waals surface area contributed by atoms with E-state index in [1.807, 2.05) is 0 Å². The lowest BCUT2D eigenvalue weighted by atomic mass is 10.0. The number of hydrogen-bond acceptors (Lipinski definition) is 3. The molecular weight excluding hydrogens is 224 g/mol. The number of carbonyl (C=O) groups excluding carboxylic acids is 1. The smallest absolute Gasteiger partial charge is 0.193 e. The molecule has 16 heavy (non-hydrogen) atoms. The topological polar surface area (TPSA) is 56.0 Å². The second-order valence-electron chi connectivity index (χ2n) is 3.30. The number of anilines is 1. The fraction of sp³-hybridized carbons (Fsp3) is 0. The number of ketones is 1. The van der Waals surface area contributed by atoms with E-state index in [-0.39, 0.29) is 5.78 Å². The second-order valence-corrected chi connectivity index (χ2v) is 3.71. The summed E-state index contributed by atoms with van der Waals surface area (Å²) in [5.74, 6) is -0.0919. The van der Waals surface area contributed by atoms with Crippen LogP contribution in [0.1, 0.15) is 15.9 Å². The van der Waals surface area contributed by atoms with Crippen molar-refractivity contribution in [1.82, 2.24) is 4.98 Å². The molecule has 0 saturated heterocycles. The Bertz CT molecular complexity index is 526. The lowest BCUT2D eigenvalue weighted by Crippen LogP contribution is -2.02. The van der Waals surface area contributed by atoms with Crippen LogP contribution in [0.3, 0.4) is 0 Å². The molecule has 0 atom stereocenters. The maximum atomic E-state index is 12.0. The van der Waals surface area contributed by atoms with E-state index in [1.165, 1.54) is 0 Å². The van der Waals surface area contributed by atoms with Gasteiger partial charge >= 0.3 is 0 Å². The van der Waals surface area contributed by atoms with Crippen LogP contribution >= 0.6 is 11.6 Å². The zero-order chi connectivity index (χ0) is 11.5. The predicted octanol–water partition coefficient (Wildman–Crippen LogP) is 2.55. The summed E-state index contributed by atoms with van der Waals surface area (Å²) in [5, 5.41) is 0.450. The lowest BCUT2D eigenvalue weighted by Gasteiger charge is -2.03. The highest BCUT2D eigenvalue weighted by Gasteiger charge is 2.09. The van der Waals surface area contributed by atoms with Crippen LogP contribution in [0.25, 0.3) is 0 Å². The fourth-order valence-corrected chi connectivity index (χ4v) is 1.47. The van der Waals surface area contributed by atoms with Crippen molar-refractivity contribution in [3.8, 4) is 0 Å². The molecule has 2 aromatic rings. The molecule has 0 saturated carbocycles. The molecule has 1 aromatic carbocycles. The van der Waals surface area contributed by atoms with Gasteiger partial charge in [-0.3, -0.25) is 9.78 Å². The Morgan fingerprint density at radius 2 is 1.81 bits per heavy atom. The van der Waals surface area contributed by atoms with Crippen LogP contribution in [-0.2, 0) is 0 Å². The number of carbonyl (C=O) groups is 1. The summed E-state index contributed by atoms with van der Waals surface area (Å²) in [6, 6.07) is 8.16. The molecule has 0 amide bonds. The van der Waals surface area contributed by atoms with Crippen molar-refractivity contribution in [1.29, 1.82) is 0 Å². The molecule has 2 N–H and O–H groups in total. The Hall–Kier alpha value is -1.87. The van der Waals surface area contributed by atoms with Crippen LogP contribution in [-0.4, -0.2) is 10.8 Å². The van der Waals surface area contributed by atoms with Crippen molar-refractivity contribution in [2.45, 2.75) is 0 Å². The Kier molecular flexibility index (Phi) is 2.88. The summed E-state index contributed by atoms with van der Waals surface area (Å²) in [6.07, 6.45) is 3.15. The normalized spacial score (nSPS) is 10.1. The summed E-state index contributed by atoms with van der Waals surface area (Å²) in [5.41, 5.74) is 7.15. The number of nitrogen functional groups attached to an aromatic ring is 1. The monoisotopic (exact) mass is 232 g/mol. The van der Waals surface area contributed by atoms with Gasteiger partial charge in [0.25, 0.3) is 0 Å². The van der Waals surface area contributed by atoms with Crippen LogP contribution in [0.15, 0.2) is 42.7 Å². The van der Waals surface area contributed by atoms with Gasteiger partial charge in [0, 0.05) is 23.5 Å². The average molecular weight is 233 g/mol. The Morgan fingerprint density at radius 3 is 2.44 bits per heavy atom. The van der Waals surface area contributed by atoms with E-state index in [0.29, 0.717) is 21.8 Å². The summed E-state index contributed by atoms with van der Waals surface area (Å²) in [7, 11) is 0. The van der Waals surface area contributed by atoms with Crippen molar-refractivity contribution in [3.05, 3.63) is 58.9 Å². The first-order valence-corrected chi connectivity index (χ1v) is 5.06. The Morgan fingerprint density at radius 1 is 1.12 bits per heavy atom. The van der Waals surface area contributed by atoms with Crippen molar-refractivity contribution >= 4 is 23.1 Å². The zero-order valence-electron chi connectivity index (χ0n) is 8.35. The average Bonchev–Trinajstić information content (AvgIpc) is 2.33. The first kappa shape index (κ1) is 10.6. The number of nitrogens with two attached hydrogens (primary N) is 1. The first-order chi connectivity index (χ1) is 7.68. The summed E-state index contributed by atoms with van der Waals surface area (Å²) < 4.78 is 0. The highest BCUT2D eigenvalue weighted by molar-refractivity contribution is 6.33. The van der Waals surface area contributed by atoms with Crippen LogP contribution in [0.5, 0.6) is 0 Å². The van der Waals surface area contributed by atoms with E-state index >= 15 is 0 Å². The van der Waals surface area contributed by atoms with Gasteiger partial charge in [-0.1, -0.05) is 11.6 Å². The minimum Gasteiger partial charge on any atom is -0.398 e. The van der Waals surface area contributed by atoms with Gasteiger partial charge in [-0.05, 0) is 30.3 Å². The molecule has 4 heteroatoms. The number of rotatable bonds is 2. The number of halogens is 1. The van der Waals surface area contributed by atoms with E-state index < -0.39 is 0 Å². The molecule has 1 aromatic heterocycles. The number of aromatic nitrogens is 1. The van der Waals surface area contributed by atoms with Gasteiger partial charge in [0.15, 0.2) is 5.78 Å². The predicted molar refractivity (Wildman–Crippen MR) is 63.5 cm³/mol. The van der Waals surface area contributed by atoms with Crippen molar-refractivity contribution in [3.63, 3.8) is 0 Å². The lowest BCUT2D eigenvalue weighted by molar-refractivity contribution is 0.103. The molecule has 0 fully saturated rings. The summed E-state index contributed by atoms with van der Waals surface area (Å²) in [4.78, 5) is 15.8. The van der Waals surface area contributed by atoms with E-state index in [0.717, 1.165) is 0 Å². The van der Waals surface area contributed by atoms with Gasteiger partial charge in [-0.25, -0.2) is 0 Å². The minimum absolute atomic E-state index is 0.0919. The quantitative estimate of drug-likeness (QED) is 0.640. The highest BCUT2D eigenvalue weighted by atomic mass is 35.5. The molecular formula is C12H9ClN2O. The van der Waals surface area contributed by atoms with Gasteiger partial charge < -0.3 is 5.73 Å². The van der Waals surface area contributed by atoms with E-state index in [1.54, 1.807) is 42.7 Å². The molecule has 0 unspecified atom stereocenters. The molecule has 3 nitrogen and oxygen atoms in total. The molecule has 0 aliphatic rings. The van der Waals surface area contributed by atoms with Crippen LogP contribution in [0.4, 0.5) is 5.69 Å². The SMILES string of the molecule is Nc1cc(C(=O)c2ccncc2)ccc1Cl. The van der Waals surface area contributed by atoms with E-state index in [2.05, 4.69) is 4.98 Å². The molecule has 1 heterocycles. The third-order valence-electron chi connectivity index (χ3n) is 2.20. The molecule has 2 rings (SSSR count). The zero-order valence-corrected chi connectivity index (χ0v) is 9.11. The standard InChI is InChI=1S/C12H9ClN2O/c13-10-2-1-9(7-11(10)14)12(16)8-3-5-15-6-4-8/h1-7H,14H2. The number of pyridine rings is 1. The van der Waals surface area contributed by atoms with Crippen LogP contribution in [0.2, 0.25) is 5.02 Å². The fourth-order valence-electron chi connectivity index (χ4n) is 1.35. The number of nitrogens with zero attached hydrogens (tertiary/aromatic N) is 1. The number of hydrogen-bond donors (Lipinski definition) is 1.